The molecule has 1 aromatic heterocycles. The first kappa shape index (κ1) is 11.4. The van der Waals surface area contributed by atoms with Crippen LogP contribution in [0, 0.1) is 0 Å². The average molecular weight is 219 g/mol. The molecule has 1 aliphatic carbocycles. The second-order valence-corrected chi connectivity index (χ2v) is 4.97. The van der Waals surface area contributed by atoms with Crippen molar-refractivity contribution in [1.29, 1.82) is 0 Å². The van der Waals surface area contributed by atoms with E-state index in [1.807, 2.05) is 12.4 Å². The van der Waals surface area contributed by atoms with E-state index >= 15 is 0 Å². The zero-order valence-corrected chi connectivity index (χ0v) is 10.2. The summed E-state index contributed by atoms with van der Waals surface area (Å²) >= 11 is 0. The van der Waals surface area contributed by atoms with E-state index in [-0.39, 0.29) is 0 Å². The maximum Gasteiger partial charge on any atom is 0.111 e. The van der Waals surface area contributed by atoms with E-state index in [0.29, 0.717) is 5.92 Å². The molecule has 1 saturated carbocycles. The third kappa shape index (κ3) is 2.95. The molecule has 1 N–H and O–H groups in total. The monoisotopic (exact) mass is 219 g/mol. The minimum absolute atomic E-state index is 0.471. The Bertz CT molecular complexity index is 361. The van der Waals surface area contributed by atoms with Gasteiger partial charge in [-0.3, -0.25) is 0 Å². The lowest BCUT2D eigenvalue weighted by Gasteiger charge is -2.12. The van der Waals surface area contributed by atoms with Crippen LogP contribution in [0.25, 0.3) is 0 Å². The fourth-order valence-electron chi connectivity index (χ4n) is 1.83. The quantitative estimate of drug-likeness (QED) is 0.744. The summed E-state index contributed by atoms with van der Waals surface area (Å²) in [5, 5.41) is 3.48. The molecule has 0 spiro atoms. The van der Waals surface area contributed by atoms with Crippen LogP contribution >= 0.6 is 0 Å². The Hall–Kier alpha value is -1.09. The van der Waals surface area contributed by atoms with Crippen LogP contribution in [0.4, 0.5) is 0 Å². The number of imidazole rings is 1. The zero-order valence-electron chi connectivity index (χ0n) is 10.2. The second-order valence-electron chi connectivity index (χ2n) is 4.97. The van der Waals surface area contributed by atoms with Crippen LogP contribution < -0.4 is 5.32 Å². The van der Waals surface area contributed by atoms with E-state index in [9.17, 15) is 0 Å². The molecule has 88 valence electrons. The Morgan fingerprint density at radius 3 is 3.00 bits per heavy atom. The Labute approximate surface area is 97.6 Å². The van der Waals surface area contributed by atoms with Crippen molar-refractivity contribution in [3.05, 3.63) is 30.4 Å². The second kappa shape index (κ2) is 4.83. The van der Waals surface area contributed by atoms with Crippen molar-refractivity contribution < 1.29 is 0 Å². The van der Waals surface area contributed by atoms with E-state index in [1.54, 1.807) is 0 Å². The lowest BCUT2D eigenvalue weighted by atomic mass is 10.2. The number of hydrogen-bond acceptors (Lipinski definition) is 2. The third-order valence-corrected chi connectivity index (χ3v) is 2.88. The number of hydrogen-bond donors (Lipinski definition) is 1. The van der Waals surface area contributed by atoms with E-state index in [1.165, 1.54) is 18.4 Å². The highest BCUT2D eigenvalue weighted by Gasteiger charge is 2.20. The molecule has 0 aromatic carbocycles. The van der Waals surface area contributed by atoms with E-state index in [4.69, 9.17) is 0 Å². The summed E-state index contributed by atoms with van der Waals surface area (Å²) in [6, 6.07) is 0.754. The zero-order chi connectivity index (χ0) is 11.5. The first-order chi connectivity index (χ1) is 7.66. The minimum Gasteiger partial charge on any atom is -0.331 e. The highest BCUT2D eigenvalue weighted by atomic mass is 15.1. The molecule has 0 bridgehead atoms. The molecule has 1 aromatic rings. The summed E-state index contributed by atoms with van der Waals surface area (Å²) in [5.74, 6) is 1.62. The summed E-state index contributed by atoms with van der Waals surface area (Å²) in [4.78, 5) is 4.38. The van der Waals surface area contributed by atoms with Gasteiger partial charge in [-0.05, 0) is 18.4 Å². The Morgan fingerprint density at radius 2 is 2.38 bits per heavy atom. The highest BCUT2D eigenvalue weighted by molar-refractivity contribution is 5.05. The maximum absolute atomic E-state index is 4.38. The van der Waals surface area contributed by atoms with Crippen LogP contribution in [0.15, 0.2) is 24.5 Å². The molecule has 3 nitrogen and oxygen atoms in total. The van der Waals surface area contributed by atoms with E-state index in [0.717, 1.165) is 25.0 Å². The number of nitrogens with zero attached hydrogens (tertiary/aromatic N) is 2. The molecule has 0 amide bonds. The van der Waals surface area contributed by atoms with Crippen molar-refractivity contribution in [2.75, 3.05) is 6.54 Å². The number of nitrogens with one attached hydrogen (secondary N) is 1. The van der Waals surface area contributed by atoms with Gasteiger partial charge in [0.1, 0.15) is 5.82 Å². The fraction of sp³-hybridized carbons (Fsp3) is 0.615. The Balaban J connectivity index is 1.86. The first-order valence-corrected chi connectivity index (χ1v) is 6.08. The van der Waals surface area contributed by atoms with Crippen molar-refractivity contribution >= 4 is 0 Å². The van der Waals surface area contributed by atoms with Crippen LogP contribution in [0.2, 0.25) is 0 Å². The van der Waals surface area contributed by atoms with Gasteiger partial charge in [-0.1, -0.05) is 20.4 Å². The molecule has 0 atom stereocenters. The van der Waals surface area contributed by atoms with Gasteiger partial charge in [-0.15, -0.1) is 0 Å². The number of aromatic nitrogens is 2. The van der Waals surface area contributed by atoms with E-state index < -0.39 is 0 Å². The summed E-state index contributed by atoms with van der Waals surface area (Å²) in [7, 11) is 0. The average Bonchev–Trinajstić information content (AvgIpc) is 2.95. The first-order valence-electron chi connectivity index (χ1n) is 6.08. The maximum atomic E-state index is 4.38. The van der Waals surface area contributed by atoms with Gasteiger partial charge in [0.25, 0.3) is 0 Å². The molecule has 0 saturated heterocycles. The lowest BCUT2D eigenvalue weighted by molar-refractivity contribution is 0.635. The predicted molar refractivity (Wildman–Crippen MR) is 66.5 cm³/mol. The molecule has 0 aliphatic heterocycles. The van der Waals surface area contributed by atoms with Gasteiger partial charge in [-0.2, -0.15) is 0 Å². The molecule has 3 heteroatoms. The Kier molecular flexibility index (Phi) is 3.44. The Morgan fingerprint density at radius 1 is 1.62 bits per heavy atom. The minimum atomic E-state index is 0.471. The van der Waals surface area contributed by atoms with Crippen LogP contribution in [0.5, 0.6) is 0 Å². The topological polar surface area (TPSA) is 29.9 Å². The number of rotatable bonds is 6. The van der Waals surface area contributed by atoms with Crippen LogP contribution in [0.3, 0.4) is 0 Å². The normalized spacial score (nSPS) is 15.7. The van der Waals surface area contributed by atoms with Gasteiger partial charge < -0.3 is 9.88 Å². The van der Waals surface area contributed by atoms with Crippen molar-refractivity contribution in [2.24, 2.45) is 0 Å². The van der Waals surface area contributed by atoms with Gasteiger partial charge in [-0.25, -0.2) is 4.98 Å². The molecule has 1 heterocycles. The highest BCUT2D eigenvalue weighted by Crippen LogP contribution is 2.19. The molecule has 1 aliphatic rings. The van der Waals surface area contributed by atoms with Gasteiger partial charge in [0.2, 0.25) is 0 Å². The van der Waals surface area contributed by atoms with Gasteiger partial charge >= 0.3 is 0 Å². The van der Waals surface area contributed by atoms with Crippen molar-refractivity contribution in [1.82, 2.24) is 14.9 Å². The van der Waals surface area contributed by atoms with Crippen molar-refractivity contribution in [2.45, 2.75) is 45.2 Å². The van der Waals surface area contributed by atoms with Gasteiger partial charge in [0, 0.05) is 37.4 Å². The van der Waals surface area contributed by atoms with E-state index in [2.05, 4.69) is 35.3 Å². The molecule has 2 rings (SSSR count). The summed E-state index contributed by atoms with van der Waals surface area (Å²) in [5.41, 5.74) is 1.23. The predicted octanol–water partition coefficient (Wildman–Crippen LogP) is 2.31. The van der Waals surface area contributed by atoms with Crippen LogP contribution in [-0.4, -0.2) is 22.1 Å². The smallest absolute Gasteiger partial charge is 0.111 e. The van der Waals surface area contributed by atoms with Gasteiger partial charge in [0.05, 0.1) is 0 Å². The van der Waals surface area contributed by atoms with Crippen molar-refractivity contribution in [3.63, 3.8) is 0 Å². The summed E-state index contributed by atoms with van der Waals surface area (Å²) in [6.45, 7) is 10.3. The molecule has 16 heavy (non-hydrogen) atoms. The third-order valence-electron chi connectivity index (χ3n) is 2.88. The van der Waals surface area contributed by atoms with Crippen LogP contribution in [0.1, 0.15) is 38.4 Å². The largest absolute Gasteiger partial charge is 0.331 e. The lowest BCUT2D eigenvalue weighted by Crippen LogP contribution is -2.21. The van der Waals surface area contributed by atoms with Crippen LogP contribution in [-0.2, 0) is 6.54 Å². The molecular weight excluding hydrogens is 198 g/mol. The molecule has 1 fully saturated rings. The summed E-state index contributed by atoms with van der Waals surface area (Å²) < 4.78 is 2.20. The fourth-order valence-corrected chi connectivity index (χ4v) is 1.83. The molecular formula is C13H21N3. The van der Waals surface area contributed by atoms with Crippen molar-refractivity contribution in [3.8, 4) is 0 Å². The van der Waals surface area contributed by atoms with Gasteiger partial charge in [0.15, 0.2) is 0 Å². The SMILES string of the molecule is C=C(CNC1CC1)Cn1ccnc1C(C)C. The standard InChI is InChI=1S/C13H21N3/c1-10(2)13-14-6-7-16(13)9-11(3)8-15-12-4-5-12/h6-7,10,12,15H,3-5,8-9H2,1-2H3. The molecule has 0 radical (unpaired) electrons. The molecule has 0 unspecified atom stereocenters. The summed E-state index contributed by atoms with van der Waals surface area (Å²) in [6.07, 6.45) is 6.57.